The lowest BCUT2D eigenvalue weighted by Crippen LogP contribution is -2.82. The van der Waals surface area contributed by atoms with Gasteiger partial charge in [0.05, 0.1) is 35.6 Å². The number of fused-ring (bicyclic) bond motifs is 5. The zero-order valence-electron chi connectivity index (χ0n) is 33.8. The molecule has 2 aromatic rings. The fourth-order valence-electron chi connectivity index (χ4n) is 10.1. The van der Waals surface area contributed by atoms with Crippen molar-refractivity contribution >= 4 is 35.6 Å². The van der Waals surface area contributed by atoms with Crippen molar-refractivity contribution < 1.29 is 67.8 Å². The van der Waals surface area contributed by atoms with Crippen LogP contribution in [0.4, 0.5) is 0 Å². The first kappa shape index (κ1) is 42.2. The average Bonchev–Trinajstić information content (AvgIpc) is 4.04. The van der Waals surface area contributed by atoms with E-state index in [1.165, 1.54) is 19.1 Å². The number of Topliss-reactive ketones (excluding diaryl/α,β-unsaturated/α-hetero) is 1. The summed E-state index contributed by atoms with van der Waals surface area (Å²) in [6.45, 7) is 8.05. The Kier molecular flexibility index (Phi) is 10.9. The summed E-state index contributed by atoms with van der Waals surface area (Å²) in [6.07, 6.45) is -8.87. The number of hydrogen-bond donors (Lipinski definition) is 4. The third kappa shape index (κ3) is 6.95. The van der Waals surface area contributed by atoms with Crippen LogP contribution in [0.3, 0.4) is 0 Å². The predicted molar refractivity (Wildman–Crippen MR) is 205 cm³/mol. The molecule has 7 rings (SSSR count). The first-order valence-electron chi connectivity index (χ1n) is 19.9. The largest absolute Gasteiger partial charge is 0.456 e. The third-order valence-electron chi connectivity index (χ3n) is 13.5. The summed E-state index contributed by atoms with van der Waals surface area (Å²) in [6, 6.07) is 15.1. The summed E-state index contributed by atoms with van der Waals surface area (Å²) in [4.78, 5) is 82.7. The molecular formula is C44H51NO14. The molecule has 0 aromatic heterocycles. The molecule has 4 fully saturated rings. The summed E-state index contributed by atoms with van der Waals surface area (Å²) in [7, 11) is 0. The van der Waals surface area contributed by atoms with E-state index in [9.17, 15) is 39.3 Å². The van der Waals surface area contributed by atoms with Crippen LogP contribution in [0.5, 0.6) is 0 Å². The lowest BCUT2D eigenvalue weighted by atomic mass is 9.44. The first-order chi connectivity index (χ1) is 27.8. The number of hydrogen-bond acceptors (Lipinski definition) is 14. The van der Waals surface area contributed by atoms with Crippen LogP contribution < -0.4 is 5.32 Å². The highest BCUT2D eigenvalue weighted by Crippen LogP contribution is 2.64. The van der Waals surface area contributed by atoms with Crippen LogP contribution in [0.2, 0.25) is 0 Å². The van der Waals surface area contributed by atoms with Crippen LogP contribution in [0, 0.1) is 22.7 Å². The Bertz CT molecular complexity index is 2060. The molecular weight excluding hydrogens is 766 g/mol. The van der Waals surface area contributed by atoms with E-state index < -0.39 is 113 Å². The minimum atomic E-state index is -2.35. The van der Waals surface area contributed by atoms with Crippen LogP contribution in [0.25, 0.3) is 0 Å². The second-order valence-electron chi connectivity index (χ2n) is 17.3. The van der Waals surface area contributed by atoms with Crippen molar-refractivity contribution in [3.8, 4) is 0 Å². The lowest BCUT2D eigenvalue weighted by Gasteiger charge is -2.67. The summed E-state index contributed by atoms with van der Waals surface area (Å²) < 4.78 is 30.2. The molecule has 5 aliphatic rings. The number of ketones is 1. The van der Waals surface area contributed by atoms with E-state index in [-0.39, 0.29) is 35.7 Å². The van der Waals surface area contributed by atoms with Crippen molar-refractivity contribution in [2.24, 2.45) is 22.7 Å². The number of benzene rings is 2. The number of carbonyl (C=O) groups excluding carboxylic acids is 6. The van der Waals surface area contributed by atoms with Gasteiger partial charge < -0.3 is 44.3 Å². The number of amides is 1. The van der Waals surface area contributed by atoms with Crippen LogP contribution in [0.1, 0.15) is 87.9 Å². The summed E-state index contributed by atoms with van der Waals surface area (Å²) >= 11 is 0. The highest BCUT2D eigenvalue weighted by molar-refractivity contribution is 5.96. The summed E-state index contributed by atoms with van der Waals surface area (Å²) in [5.41, 5.74) is -7.13. The van der Waals surface area contributed by atoms with Gasteiger partial charge in [-0.3, -0.25) is 19.2 Å². The second kappa shape index (κ2) is 15.3. The Labute approximate surface area is 341 Å². The van der Waals surface area contributed by atoms with Crippen LogP contribution >= 0.6 is 0 Å². The Morgan fingerprint density at radius 2 is 1.49 bits per heavy atom. The summed E-state index contributed by atoms with van der Waals surface area (Å²) in [5, 5.41) is 39.9. The highest BCUT2D eigenvalue weighted by atomic mass is 16.6. The molecule has 59 heavy (non-hydrogen) atoms. The minimum Gasteiger partial charge on any atom is -0.456 e. The van der Waals surface area contributed by atoms with Gasteiger partial charge in [-0.2, -0.15) is 0 Å². The maximum absolute atomic E-state index is 15.4. The predicted octanol–water partition coefficient (Wildman–Crippen LogP) is 2.77. The number of rotatable bonds is 10. The van der Waals surface area contributed by atoms with E-state index in [0.717, 1.165) is 13.8 Å². The molecule has 4 aliphatic carbocycles. The van der Waals surface area contributed by atoms with Gasteiger partial charge >= 0.3 is 23.9 Å². The standard InChI is InChI=1S/C44H51NO14/c1-22-28(57-40(53)33(49)32(25-17-18-25)45-38(51)26-13-9-7-10-14-26)20-44(54)37(58-39(52)27-15-11-8-12-16-27)35-42(6,29(48)19-30-43(35,21-55-30)59-24(3)47)36(50)34(56-23(2)46)31(22)41(44,4)5/h7-16,25,28-30,32-35,37,48-49,54H,17-21H2,1-6H3,(H,45,51)/t28-,29-,30+,32?,33+,34+,35-,37-,42+,43-,44+/m0/s1. The lowest BCUT2D eigenvalue weighted by molar-refractivity contribution is -0.346. The molecule has 4 N–H and O–H groups in total. The van der Waals surface area contributed by atoms with Gasteiger partial charge in [-0.1, -0.05) is 50.2 Å². The molecule has 1 saturated heterocycles. The maximum atomic E-state index is 15.4. The maximum Gasteiger partial charge on any atom is 0.338 e. The number of esters is 4. The molecule has 1 aliphatic heterocycles. The smallest absolute Gasteiger partial charge is 0.338 e. The van der Waals surface area contributed by atoms with Crippen molar-refractivity contribution in [3.05, 3.63) is 82.9 Å². The van der Waals surface area contributed by atoms with Crippen molar-refractivity contribution in [2.75, 3.05) is 6.61 Å². The van der Waals surface area contributed by atoms with Crippen LogP contribution in [-0.4, -0.2) is 111 Å². The van der Waals surface area contributed by atoms with Gasteiger partial charge in [0.1, 0.15) is 23.9 Å². The molecule has 15 nitrogen and oxygen atoms in total. The van der Waals surface area contributed by atoms with Crippen LogP contribution in [-0.2, 0) is 42.9 Å². The van der Waals surface area contributed by atoms with E-state index in [4.69, 9.17) is 23.7 Å². The van der Waals surface area contributed by atoms with Crippen molar-refractivity contribution in [3.63, 3.8) is 0 Å². The summed E-state index contributed by atoms with van der Waals surface area (Å²) in [5.74, 6) is -6.82. The molecule has 1 amide bonds. The van der Waals surface area contributed by atoms with E-state index in [1.54, 1.807) is 69.3 Å². The minimum absolute atomic E-state index is 0.0241. The monoisotopic (exact) mass is 817 g/mol. The normalized spacial score (nSPS) is 34.2. The Balaban J connectivity index is 1.37. The fourth-order valence-corrected chi connectivity index (χ4v) is 10.1. The van der Waals surface area contributed by atoms with Crippen LogP contribution in [0.15, 0.2) is 71.8 Å². The molecule has 0 spiro atoms. The molecule has 2 aromatic carbocycles. The number of nitrogens with one attached hydrogen (secondary N) is 1. The highest BCUT2D eigenvalue weighted by Gasteiger charge is 2.78. The molecule has 11 atom stereocenters. The van der Waals surface area contributed by atoms with E-state index in [2.05, 4.69) is 5.32 Å². The number of aliphatic hydroxyl groups is 3. The van der Waals surface area contributed by atoms with E-state index >= 15 is 4.79 Å². The molecule has 2 bridgehead atoms. The van der Waals surface area contributed by atoms with Gasteiger partial charge in [-0.05, 0) is 68.0 Å². The van der Waals surface area contributed by atoms with E-state index in [1.807, 2.05) is 0 Å². The molecule has 1 heterocycles. The number of ether oxygens (including phenoxy) is 5. The van der Waals surface area contributed by atoms with Gasteiger partial charge in [-0.25, -0.2) is 9.59 Å². The molecule has 1 unspecified atom stereocenters. The molecule has 3 saturated carbocycles. The first-order valence-corrected chi connectivity index (χ1v) is 19.9. The zero-order valence-corrected chi connectivity index (χ0v) is 33.8. The van der Waals surface area contributed by atoms with Crippen molar-refractivity contribution in [2.45, 2.75) is 121 Å². The van der Waals surface area contributed by atoms with Crippen molar-refractivity contribution in [1.82, 2.24) is 5.32 Å². The Hall–Kier alpha value is -4.96. The van der Waals surface area contributed by atoms with Gasteiger partial charge in [0.2, 0.25) is 0 Å². The van der Waals surface area contributed by atoms with Gasteiger partial charge in [0.15, 0.2) is 23.6 Å². The third-order valence-corrected chi connectivity index (χ3v) is 13.5. The fraction of sp³-hybridized carbons (Fsp3) is 0.545. The number of aliphatic hydroxyl groups excluding tert-OH is 2. The van der Waals surface area contributed by atoms with Gasteiger partial charge in [0.25, 0.3) is 5.91 Å². The topological polar surface area (TPSA) is 221 Å². The Morgan fingerprint density at radius 3 is 2.03 bits per heavy atom. The van der Waals surface area contributed by atoms with Crippen molar-refractivity contribution in [1.29, 1.82) is 0 Å². The molecule has 0 radical (unpaired) electrons. The quantitative estimate of drug-likeness (QED) is 0.154. The van der Waals surface area contributed by atoms with Gasteiger partial charge in [0, 0.05) is 37.7 Å². The average molecular weight is 818 g/mol. The SMILES string of the molecule is CC(=O)O[C@H]1C(=O)[C@@]2(C)[C@H]([C@H](OC(=O)c3ccccc3)[C@]3(O)C[C@H](OC(=O)[C@H](O)C(NC(=O)c4ccccc4)C4CC4)C(C)=C1C3(C)C)[C@]1(OC(C)=O)CO[C@@H]1C[C@@H]2O. The second-order valence-corrected chi connectivity index (χ2v) is 17.3. The zero-order chi connectivity index (χ0) is 42.8. The van der Waals surface area contributed by atoms with E-state index in [0.29, 0.717) is 18.4 Å². The van der Waals surface area contributed by atoms with Gasteiger partial charge in [-0.15, -0.1) is 0 Å². The Morgan fingerprint density at radius 1 is 0.881 bits per heavy atom. The number of carbonyl (C=O) groups is 6. The molecule has 15 heteroatoms. The molecule has 316 valence electrons.